The van der Waals surface area contributed by atoms with Crippen LogP contribution in [0.4, 0.5) is 0 Å². The summed E-state index contributed by atoms with van der Waals surface area (Å²) in [5.41, 5.74) is 5.22. The van der Waals surface area contributed by atoms with Crippen molar-refractivity contribution in [3.05, 3.63) is 0 Å². The average molecular weight is 229 g/mol. The molecule has 0 saturated heterocycles. The zero-order valence-corrected chi connectivity index (χ0v) is 11.2. The van der Waals surface area contributed by atoms with E-state index in [1.165, 1.54) is 0 Å². The molecule has 0 aliphatic heterocycles. The molecule has 2 N–H and O–H groups in total. The average Bonchev–Trinajstić information content (AvgIpc) is 2.27. The molecule has 3 heteroatoms. The van der Waals surface area contributed by atoms with Crippen molar-refractivity contribution in [3.8, 4) is 0 Å². The molecule has 0 aromatic carbocycles. The maximum absolute atomic E-state index is 11.9. The second-order valence-corrected chi connectivity index (χ2v) is 4.86. The maximum atomic E-state index is 11.9. The summed E-state index contributed by atoms with van der Waals surface area (Å²) in [6.45, 7) is 9.23. The van der Waals surface area contributed by atoms with Crippen molar-refractivity contribution in [2.24, 2.45) is 17.1 Å². The van der Waals surface area contributed by atoms with Gasteiger partial charge in [-0.15, -0.1) is 0 Å². The van der Waals surface area contributed by atoms with Gasteiger partial charge in [0.05, 0.1) is 12.0 Å². The molecule has 96 valence electrons. The summed E-state index contributed by atoms with van der Waals surface area (Å²) in [7, 11) is 0. The second-order valence-electron chi connectivity index (χ2n) is 4.86. The van der Waals surface area contributed by atoms with Crippen molar-refractivity contribution in [3.63, 3.8) is 0 Å². The second kappa shape index (κ2) is 7.66. The highest BCUT2D eigenvalue weighted by Crippen LogP contribution is 2.26. The molecule has 0 rings (SSSR count). The summed E-state index contributed by atoms with van der Waals surface area (Å²) in [5, 5.41) is 0. The molecule has 0 heterocycles. The van der Waals surface area contributed by atoms with E-state index in [-0.39, 0.29) is 5.97 Å². The fourth-order valence-corrected chi connectivity index (χ4v) is 1.72. The molecule has 0 amide bonds. The first-order valence-corrected chi connectivity index (χ1v) is 6.39. The molecule has 0 radical (unpaired) electrons. The van der Waals surface area contributed by atoms with Gasteiger partial charge in [0.2, 0.25) is 0 Å². The number of rotatable bonds is 8. The Bertz CT molecular complexity index is 190. The Morgan fingerprint density at radius 3 is 2.25 bits per heavy atom. The highest BCUT2D eigenvalue weighted by molar-refractivity contribution is 5.77. The molecule has 0 aromatic rings. The summed E-state index contributed by atoms with van der Waals surface area (Å²) in [4.78, 5) is 11.9. The highest BCUT2D eigenvalue weighted by atomic mass is 16.5. The van der Waals surface area contributed by atoms with Crippen LogP contribution in [-0.2, 0) is 9.53 Å². The standard InChI is InChI=1S/C13H27NO2/c1-5-13(6-2,10-14)12(15)16-9-7-8-11(3)4/h11H,5-10,14H2,1-4H3. The predicted octanol–water partition coefficient (Wildman–Crippen LogP) is 2.73. The molecule has 0 unspecified atom stereocenters. The summed E-state index contributed by atoms with van der Waals surface area (Å²) < 4.78 is 5.31. The van der Waals surface area contributed by atoms with E-state index >= 15 is 0 Å². The maximum Gasteiger partial charge on any atom is 0.313 e. The van der Waals surface area contributed by atoms with Gasteiger partial charge in [0.15, 0.2) is 0 Å². The van der Waals surface area contributed by atoms with Gasteiger partial charge in [-0.05, 0) is 31.6 Å². The van der Waals surface area contributed by atoms with E-state index < -0.39 is 5.41 Å². The van der Waals surface area contributed by atoms with Crippen LogP contribution in [0, 0.1) is 11.3 Å². The van der Waals surface area contributed by atoms with Crippen molar-refractivity contribution in [2.75, 3.05) is 13.2 Å². The fraction of sp³-hybridized carbons (Fsp3) is 0.923. The molecular formula is C13H27NO2. The van der Waals surface area contributed by atoms with Gasteiger partial charge in [0, 0.05) is 6.54 Å². The van der Waals surface area contributed by atoms with Gasteiger partial charge in [-0.1, -0.05) is 27.7 Å². The molecule has 0 aromatic heterocycles. The van der Waals surface area contributed by atoms with Gasteiger partial charge in [-0.25, -0.2) is 0 Å². The number of ether oxygens (including phenoxy) is 1. The number of hydrogen-bond donors (Lipinski definition) is 1. The molecule has 0 saturated carbocycles. The number of hydrogen-bond acceptors (Lipinski definition) is 3. The van der Waals surface area contributed by atoms with E-state index in [9.17, 15) is 4.79 Å². The molecule has 0 fully saturated rings. The Kier molecular flexibility index (Phi) is 7.39. The van der Waals surface area contributed by atoms with Gasteiger partial charge in [0.25, 0.3) is 0 Å². The Morgan fingerprint density at radius 1 is 1.31 bits per heavy atom. The number of esters is 1. The van der Waals surface area contributed by atoms with E-state index in [4.69, 9.17) is 10.5 Å². The minimum absolute atomic E-state index is 0.122. The first-order chi connectivity index (χ1) is 7.52. The van der Waals surface area contributed by atoms with E-state index in [2.05, 4.69) is 13.8 Å². The van der Waals surface area contributed by atoms with Gasteiger partial charge in [0.1, 0.15) is 0 Å². The monoisotopic (exact) mass is 229 g/mol. The number of carbonyl (C=O) groups is 1. The van der Waals surface area contributed by atoms with Crippen molar-refractivity contribution in [1.29, 1.82) is 0 Å². The van der Waals surface area contributed by atoms with Crippen LogP contribution in [0.15, 0.2) is 0 Å². The van der Waals surface area contributed by atoms with Gasteiger partial charge >= 0.3 is 5.97 Å². The third-order valence-corrected chi connectivity index (χ3v) is 3.34. The lowest BCUT2D eigenvalue weighted by Crippen LogP contribution is -2.39. The SMILES string of the molecule is CCC(CC)(CN)C(=O)OCCCC(C)C. The van der Waals surface area contributed by atoms with E-state index in [1.54, 1.807) is 0 Å². The Morgan fingerprint density at radius 2 is 1.88 bits per heavy atom. The lowest BCUT2D eigenvalue weighted by Gasteiger charge is -2.27. The zero-order chi connectivity index (χ0) is 12.6. The van der Waals surface area contributed by atoms with Crippen LogP contribution in [0.1, 0.15) is 53.4 Å². The van der Waals surface area contributed by atoms with E-state index in [0.717, 1.165) is 25.7 Å². The predicted molar refractivity (Wildman–Crippen MR) is 67.1 cm³/mol. The van der Waals surface area contributed by atoms with Crippen LogP contribution in [0.25, 0.3) is 0 Å². The third kappa shape index (κ3) is 4.52. The van der Waals surface area contributed by atoms with Crippen LogP contribution < -0.4 is 5.73 Å². The Hall–Kier alpha value is -0.570. The molecule has 0 atom stereocenters. The molecule has 0 bridgehead atoms. The Labute approximate surface area is 99.7 Å². The first kappa shape index (κ1) is 15.4. The van der Waals surface area contributed by atoms with Crippen LogP contribution in [0.3, 0.4) is 0 Å². The highest BCUT2D eigenvalue weighted by Gasteiger charge is 2.34. The number of nitrogens with two attached hydrogens (primary N) is 1. The minimum Gasteiger partial charge on any atom is -0.465 e. The van der Waals surface area contributed by atoms with Gasteiger partial charge in [-0.3, -0.25) is 4.79 Å². The van der Waals surface area contributed by atoms with Crippen LogP contribution in [-0.4, -0.2) is 19.1 Å². The van der Waals surface area contributed by atoms with Crippen LogP contribution in [0.5, 0.6) is 0 Å². The van der Waals surface area contributed by atoms with Crippen molar-refractivity contribution < 1.29 is 9.53 Å². The lowest BCUT2D eigenvalue weighted by molar-refractivity contribution is -0.156. The lowest BCUT2D eigenvalue weighted by atomic mass is 9.82. The third-order valence-electron chi connectivity index (χ3n) is 3.34. The van der Waals surface area contributed by atoms with Gasteiger partial charge in [-0.2, -0.15) is 0 Å². The summed E-state index contributed by atoms with van der Waals surface area (Å²) in [6.07, 6.45) is 3.55. The van der Waals surface area contributed by atoms with Crippen LogP contribution >= 0.6 is 0 Å². The van der Waals surface area contributed by atoms with Crippen molar-refractivity contribution in [2.45, 2.75) is 53.4 Å². The first-order valence-electron chi connectivity index (χ1n) is 6.39. The quantitative estimate of drug-likeness (QED) is 0.514. The zero-order valence-electron chi connectivity index (χ0n) is 11.2. The topological polar surface area (TPSA) is 52.3 Å². The largest absolute Gasteiger partial charge is 0.465 e. The molecule has 3 nitrogen and oxygen atoms in total. The minimum atomic E-state index is -0.460. The van der Waals surface area contributed by atoms with Crippen molar-refractivity contribution in [1.82, 2.24) is 0 Å². The number of carbonyl (C=O) groups excluding carboxylic acids is 1. The molecule has 0 aliphatic carbocycles. The fourth-order valence-electron chi connectivity index (χ4n) is 1.72. The van der Waals surface area contributed by atoms with Gasteiger partial charge < -0.3 is 10.5 Å². The molecular weight excluding hydrogens is 202 g/mol. The molecule has 0 aliphatic rings. The van der Waals surface area contributed by atoms with E-state index in [1.807, 2.05) is 13.8 Å². The Balaban J connectivity index is 4.02. The normalized spacial score (nSPS) is 11.9. The molecule has 0 spiro atoms. The smallest absolute Gasteiger partial charge is 0.313 e. The summed E-state index contributed by atoms with van der Waals surface area (Å²) >= 11 is 0. The summed E-state index contributed by atoms with van der Waals surface area (Å²) in [5.74, 6) is 0.541. The van der Waals surface area contributed by atoms with E-state index in [0.29, 0.717) is 19.1 Å². The van der Waals surface area contributed by atoms with Crippen molar-refractivity contribution >= 4 is 5.97 Å². The summed E-state index contributed by atoms with van der Waals surface area (Å²) in [6, 6.07) is 0. The molecule has 16 heavy (non-hydrogen) atoms. The van der Waals surface area contributed by atoms with Crippen LogP contribution in [0.2, 0.25) is 0 Å².